The molecule has 1 aromatic carbocycles. The van der Waals surface area contributed by atoms with E-state index in [1.165, 1.54) is 26.4 Å². The zero-order valence-electron chi connectivity index (χ0n) is 17.4. The van der Waals surface area contributed by atoms with Gasteiger partial charge in [-0.05, 0) is 50.7 Å². The summed E-state index contributed by atoms with van der Waals surface area (Å²) in [5.74, 6) is -0.836. The lowest BCUT2D eigenvalue weighted by molar-refractivity contribution is -0.137. The van der Waals surface area contributed by atoms with E-state index in [0.29, 0.717) is 30.6 Å². The molecule has 2 atom stereocenters. The molecule has 0 radical (unpaired) electrons. The first-order valence-electron chi connectivity index (χ1n) is 10.5. The first-order valence-corrected chi connectivity index (χ1v) is 10.5. The average molecular weight is 415 g/mol. The molecule has 0 amide bonds. The molecule has 2 N–H and O–H groups in total. The van der Waals surface area contributed by atoms with Crippen molar-refractivity contribution in [2.24, 2.45) is 5.16 Å². The Morgan fingerprint density at radius 3 is 2.63 bits per heavy atom. The smallest absolute Gasteiger partial charge is 0.303 e. The van der Waals surface area contributed by atoms with Crippen LogP contribution in [-0.2, 0) is 16.1 Å². The molecule has 2 aliphatic heterocycles. The summed E-state index contributed by atoms with van der Waals surface area (Å²) in [6.07, 6.45) is 6.47. The van der Waals surface area contributed by atoms with Crippen LogP contribution in [0.25, 0.3) is 11.0 Å². The number of carboxylic acids is 1. The molecule has 2 fully saturated rings. The molecule has 3 heterocycles. The molecule has 8 heteroatoms. The summed E-state index contributed by atoms with van der Waals surface area (Å²) in [6, 6.07) is 8.96. The number of aryl methyl sites for hydroxylation is 1. The largest absolute Gasteiger partial charge is 0.481 e. The van der Waals surface area contributed by atoms with Gasteiger partial charge in [-0.3, -0.25) is 9.59 Å². The number of fused-ring (bicyclic) bond motifs is 3. The molecule has 4 rings (SSSR count). The monoisotopic (exact) mass is 414 g/mol. The molecular formula is C22H30N4O4. The molecule has 2 unspecified atom stereocenters. The van der Waals surface area contributed by atoms with Crippen LogP contribution in [-0.4, -0.2) is 46.5 Å². The van der Waals surface area contributed by atoms with Gasteiger partial charge < -0.3 is 19.8 Å². The second-order valence-electron chi connectivity index (χ2n) is 7.90. The Bertz CT molecular complexity index is 930. The lowest BCUT2D eigenvalue weighted by atomic mass is 9.84. The number of piperidine rings is 2. The van der Waals surface area contributed by atoms with Crippen molar-refractivity contribution in [1.29, 1.82) is 0 Å². The maximum absolute atomic E-state index is 13.2. The first-order chi connectivity index (χ1) is 14.5. The SMILES string of the molecule is C=NOC.O=C(O)CCCc1nc2ccccc2n(C2CC3CCCC(C2)N3)c1=O. The van der Waals surface area contributed by atoms with Crippen LogP contribution >= 0.6 is 0 Å². The Morgan fingerprint density at radius 1 is 1.33 bits per heavy atom. The van der Waals surface area contributed by atoms with Crippen LogP contribution < -0.4 is 10.9 Å². The second kappa shape index (κ2) is 10.3. The maximum atomic E-state index is 13.2. The fourth-order valence-electron chi connectivity index (χ4n) is 4.58. The quantitative estimate of drug-likeness (QED) is 0.556. The fraction of sp³-hybridized carbons (Fsp3) is 0.545. The lowest BCUT2D eigenvalue weighted by Gasteiger charge is -2.41. The van der Waals surface area contributed by atoms with E-state index in [4.69, 9.17) is 5.11 Å². The van der Waals surface area contributed by atoms with Gasteiger partial charge >= 0.3 is 5.97 Å². The molecule has 1 aromatic heterocycles. The van der Waals surface area contributed by atoms with Crippen LogP contribution in [0.15, 0.2) is 34.2 Å². The molecule has 2 aromatic rings. The Balaban J connectivity index is 0.000000589. The topological polar surface area (TPSA) is 106 Å². The standard InChI is InChI=1S/C20H25N3O3.C2H5NO/c24-19(25)10-4-8-17-20(26)23(18-9-2-1-7-16(18)22-17)15-11-13-5-3-6-14(12-15)21-13;1-3-4-2/h1-2,7,9,13-15,21H,3-6,8,10-12H2,(H,24,25);1H2,2H3. The van der Waals surface area contributed by atoms with Gasteiger partial charge in [0.25, 0.3) is 5.56 Å². The minimum Gasteiger partial charge on any atom is -0.481 e. The highest BCUT2D eigenvalue weighted by molar-refractivity contribution is 5.74. The summed E-state index contributed by atoms with van der Waals surface area (Å²) in [4.78, 5) is 32.6. The van der Waals surface area contributed by atoms with Crippen molar-refractivity contribution < 1.29 is 14.7 Å². The van der Waals surface area contributed by atoms with Crippen molar-refractivity contribution in [2.45, 2.75) is 69.5 Å². The molecule has 2 saturated heterocycles. The van der Waals surface area contributed by atoms with Crippen molar-refractivity contribution in [3.05, 3.63) is 40.3 Å². The predicted molar refractivity (Wildman–Crippen MR) is 116 cm³/mol. The summed E-state index contributed by atoms with van der Waals surface area (Å²) < 4.78 is 1.95. The zero-order valence-corrected chi connectivity index (χ0v) is 17.4. The van der Waals surface area contributed by atoms with Gasteiger partial charge in [0.1, 0.15) is 12.8 Å². The molecule has 30 heavy (non-hydrogen) atoms. The average Bonchev–Trinajstić information content (AvgIpc) is 2.74. The fourth-order valence-corrected chi connectivity index (χ4v) is 4.58. The minimum atomic E-state index is -0.836. The number of hydrogen-bond donors (Lipinski definition) is 2. The van der Waals surface area contributed by atoms with Gasteiger partial charge in [0, 0.05) is 31.3 Å². The van der Waals surface area contributed by atoms with Gasteiger partial charge in [0.05, 0.1) is 11.0 Å². The van der Waals surface area contributed by atoms with Crippen molar-refractivity contribution in [1.82, 2.24) is 14.9 Å². The van der Waals surface area contributed by atoms with E-state index in [0.717, 1.165) is 23.9 Å². The van der Waals surface area contributed by atoms with E-state index in [2.05, 4.69) is 27.0 Å². The summed E-state index contributed by atoms with van der Waals surface area (Å²) in [5.41, 5.74) is 2.17. The van der Waals surface area contributed by atoms with Crippen LogP contribution in [0.3, 0.4) is 0 Å². The Labute approximate surface area is 175 Å². The highest BCUT2D eigenvalue weighted by Gasteiger charge is 2.33. The van der Waals surface area contributed by atoms with E-state index in [9.17, 15) is 9.59 Å². The number of oxime groups is 1. The predicted octanol–water partition coefficient (Wildman–Crippen LogP) is 2.90. The van der Waals surface area contributed by atoms with E-state index in [1.807, 2.05) is 28.8 Å². The summed E-state index contributed by atoms with van der Waals surface area (Å²) in [5, 5.41) is 15.5. The van der Waals surface area contributed by atoms with Crippen LogP contribution in [0.4, 0.5) is 0 Å². The van der Waals surface area contributed by atoms with Crippen molar-refractivity contribution in [3.63, 3.8) is 0 Å². The van der Waals surface area contributed by atoms with Crippen molar-refractivity contribution >= 4 is 23.7 Å². The van der Waals surface area contributed by atoms with Crippen LogP contribution in [0, 0.1) is 0 Å². The van der Waals surface area contributed by atoms with E-state index >= 15 is 0 Å². The maximum Gasteiger partial charge on any atom is 0.303 e. The lowest BCUT2D eigenvalue weighted by Crippen LogP contribution is -2.50. The van der Waals surface area contributed by atoms with Crippen molar-refractivity contribution in [3.8, 4) is 0 Å². The van der Waals surface area contributed by atoms with Crippen LogP contribution in [0.2, 0.25) is 0 Å². The number of carbonyl (C=O) groups is 1. The van der Waals surface area contributed by atoms with Gasteiger partial charge in [-0.1, -0.05) is 18.6 Å². The molecule has 2 bridgehead atoms. The normalized spacial score (nSPS) is 22.6. The Kier molecular flexibility index (Phi) is 7.57. The van der Waals surface area contributed by atoms with E-state index in [1.54, 1.807) is 0 Å². The van der Waals surface area contributed by atoms with Crippen molar-refractivity contribution in [2.75, 3.05) is 7.11 Å². The van der Waals surface area contributed by atoms with Gasteiger partial charge in [0.2, 0.25) is 0 Å². The molecule has 162 valence electrons. The molecular weight excluding hydrogens is 384 g/mol. The number of rotatable bonds is 6. The van der Waals surface area contributed by atoms with Gasteiger partial charge in [-0.2, -0.15) is 0 Å². The number of aromatic nitrogens is 2. The highest BCUT2D eigenvalue weighted by Crippen LogP contribution is 2.33. The van der Waals surface area contributed by atoms with Crippen LogP contribution in [0.5, 0.6) is 0 Å². The van der Waals surface area contributed by atoms with E-state index < -0.39 is 5.97 Å². The zero-order chi connectivity index (χ0) is 21.5. The number of nitrogens with zero attached hydrogens (tertiary/aromatic N) is 3. The molecule has 0 saturated carbocycles. The number of aliphatic carboxylic acids is 1. The van der Waals surface area contributed by atoms with Gasteiger partial charge in [-0.15, -0.1) is 5.16 Å². The third-order valence-electron chi connectivity index (χ3n) is 5.85. The second-order valence-corrected chi connectivity index (χ2v) is 7.90. The van der Waals surface area contributed by atoms with E-state index in [-0.39, 0.29) is 18.0 Å². The summed E-state index contributed by atoms with van der Waals surface area (Å²) in [7, 11) is 1.45. The Hall–Kier alpha value is -2.74. The molecule has 2 aliphatic rings. The molecule has 8 nitrogen and oxygen atoms in total. The number of para-hydroxylation sites is 2. The summed E-state index contributed by atoms with van der Waals surface area (Å²) >= 11 is 0. The Morgan fingerprint density at radius 2 is 2.00 bits per heavy atom. The summed E-state index contributed by atoms with van der Waals surface area (Å²) in [6.45, 7) is 3.01. The third-order valence-corrected chi connectivity index (χ3v) is 5.85. The number of nitrogens with one attached hydrogen (secondary N) is 1. The van der Waals surface area contributed by atoms with Crippen LogP contribution in [0.1, 0.15) is 56.7 Å². The van der Waals surface area contributed by atoms with Gasteiger partial charge in [-0.25, -0.2) is 4.98 Å². The highest BCUT2D eigenvalue weighted by atomic mass is 16.6. The number of carboxylic acid groups (broad SMARTS) is 1. The number of hydrogen-bond acceptors (Lipinski definition) is 6. The third kappa shape index (κ3) is 5.24. The first kappa shape index (κ1) is 22.0. The molecule has 0 aliphatic carbocycles. The molecule has 0 spiro atoms. The number of benzene rings is 1. The minimum absolute atomic E-state index is 0.0425. The van der Waals surface area contributed by atoms with Gasteiger partial charge in [0.15, 0.2) is 0 Å².